The Morgan fingerprint density at radius 2 is 1.97 bits per heavy atom. The number of hydrogen-bond donors (Lipinski definition) is 1. The lowest BCUT2D eigenvalue weighted by Gasteiger charge is -2.15. The van der Waals surface area contributed by atoms with Crippen molar-refractivity contribution in [3.8, 4) is 11.4 Å². The van der Waals surface area contributed by atoms with Gasteiger partial charge in [0.2, 0.25) is 5.91 Å². The third-order valence-corrected chi connectivity index (χ3v) is 5.26. The first-order valence-electron chi connectivity index (χ1n) is 11.1. The Hall–Kier alpha value is -3.52. The van der Waals surface area contributed by atoms with Gasteiger partial charge in [-0.25, -0.2) is 0 Å². The molecule has 0 fully saturated rings. The highest BCUT2D eigenvalue weighted by Gasteiger charge is 2.22. The lowest BCUT2D eigenvalue weighted by molar-refractivity contribution is -0.118. The van der Waals surface area contributed by atoms with Crippen molar-refractivity contribution in [2.75, 3.05) is 13.2 Å². The Morgan fingerprint density at radius 1 is 1.21 bits per heavy atom. The summed E-state index contributed by atoms with van der Waals surface area (Å²) in [6, 6.07) is 13.5. The molecule has 4 rings (SSSR count). The average molecular weight is 482 g/mol. The number of unbranched alkanes of at least 4 members (excludes halogenated alkanes) is 1. The molecular formula is C25H28ClN5O3. The number of nitrogens with zero attached hydrogens (tertiary/aromatic N) is 4. The van der Waals surface area contributed by atoms with E-state index in [1.54, 1.807) is 0 Å². The summed E-state index contributed by atoms with van der Waals surface area (Å²) >= 11 is 6.06. The molecule has 0 bridgehead atoms. The van der Waals surface area contributed by atoms with Crippen LogP contribution < -0.4 is 10.1 Å². The minimum absolute atomic E-state index is 0.0394. The normalized spacial score (nSPS) is 11.7. The van der Waals surface area contributed by atoms with Crippen molar-refractivity contribution in [1.82, 2.24) is 20.1 Å². The second-order valence-corrected chi connectivity index (χ2v) is 8.03. The van der Waals surface area contributed by atoms with Crippen molar-refractivity contribution in [2.45, 2.75) is 40.2 Å². The quantitative estimate of drug-likeness (QED) is 0.405. The van der Waals surface area contributed by atoms with E-state index >= 15 is 0 Å². The van der Waals surface area contributed by atoms with E-state index < -0.39 is 0 Å². The zero-order valence-electron chi connectivity index (χ0n) is 19.5. The molecule has 1 aliphatic rings. The van der Waals surface area contributed by atoms with Crippen molar-refractivity contribution in [1.29, 1.82) is 0 Å². The molecule has 0 aliphatic carbocycles. The third-order valence-electron chi connectivity index (χ3n) is 5.01. The largest absolute Gasteiger partial charge is 0.494 e. The fraction of sp³-hybridized carbons (Fsp3) is 0.320. The van der Waals surface area contributed by atoms with Gasteiger partial charge in [0.05, 0.1) is 18.0 Å². The summed E-state index contributed by atoms with van der Waals surface area (Å²) in [6.45, 7) is 6.97. The van der Waals surface area contributed by atoms with Gasteiger partial charge in [-0.05, 0) is 50.6 Å². The molecule has 0 unspecified atom stereocenters. The molecule has 9 heteroatoms. The summed E-state index contributed by atoms with van der Waals surface area (Å²) < 4.78 is 7.87. The number of fused-ring (bicyclic) bond motifs is 3. The molecule has 2 heterocycles. The van der Waals surface area contributed by atoms with Crippen molar-refractivity contribution in [3.63, 3.8) is 0 Å². The van der Waals surface area contributed by atoms with E-state index in [9.17, 15) is 9.59 Å². The number of benzene rings is 2. The molecule has 0 saturated heterocycles. The summed E-state index contributed by atoms with van der Waals surface area (Å²) in [6.07, 6.45) is 2.08. The van der Waals surface area contributed by atoms with Crippen LogP contribution in [0.2, 0.25) is 5.02 Å². The first-order chi connectivity index (χ1) is 16.4. The molecule has 178 valence electrons. The number of aliphatic imine (C=N–C) groups is 1. The van der Waals surface area contributed by atoms with Gasteiger partial charge < -0.3 is 14.8 Å². The fourth-order valence-electron chi connectivity index (χ4n) is 3.51. The van der Waals surface area contributed by atoms with Crippen LogP contribution in [0.15, 0.2) is 47.5 Å². The van der Waals surface area contributed by atoms with E-state index in [0.29, 0.717) is 31.0 Å². The standard InChI is InChI=1S/C21H19ClN4O2.C4H9NO/c1-14-24-25-20-13-23-21(15-4-6-16(22)7-5-15)18-12-17(28-11-3-2-10-27)8-9-19(18)26(14)20;1-3-5-4(2)6/h4-10,12H,2-3,11,13H2,1H3;3H2,1-2H3,(H,5,6). The Kier molecular flexibility index (Phi) is 8.93. The van der Waals surface area contributed by atoms with Crippen molar-refractivity contribution >= 4 is 29.5 Å². The number of hydrogen-bond acceptors (Lipinski definition) is 6. The number of nitrogens with one attached hydrogen (secondary N) is 1. The molecule has 0 spiro atoms. The molecule has 0 radical (unpaired) electrons. The number of halogens is 1. The smallest absolute Gasteiger partial charge is 0.216 e. The Bertz CT molecular complexity index is 1170. The molecule has 1 aromatic heterocycles. The number of carbonyl (C=O) groups excluding carboxylic acids is 2. The number of carbonyl (C=O) groups is 2. The van der Waals surface area contributed by atoms with E-state index in [1.807, 2.05) is 60.9 Å². The lowest BCUT2D eigenvalue weighted by atomic mass is 10.00. The number of amides is 1. The van der Waals surface area contributed by atoms with Crippen LogP contribution in [0.3, 0.4) is 0 Å². The molecular weight excluding hydrogens is 454 g/mol. The summed E-state index contributed by atoms with van der Waals surface area (Å²) in [5.74, 6) is 2.38. The highest BCUT2D eigenvalue weighted by molar-refractivity contribution is 6.30. The maximum absolute atomic E-state index is 10.5. The summed E-state index contributed by atoms with van der Waals surface area (Å²) in [5, 5.41) is 11.7. The minimum atomic E-state index is 0.0394. The maximum Gasteiger partial charge on any atom is 0.216 e. The predicted octanol–water partition coefficient (Wildman–Crippen LogP) is 4.08. The number of rotatable bonds is 7. The molecule has 1 aliphatic heterocycles. The number of ether oxygens (including phenoxy) is 1. The van der Waals surface area contributed by atoms with Crippen LogP contribution in [0, 0.1) is 6.92 Å². The van der Waals surface area contributed by atoms with Gasteiger partial charge in [0.25, 0.3) is 0 Å². The Morgan fingerprint density at radius 3 is 2.62 bits per heavy atom. The maximum atomic E-state index is 10.5. The minimum Gasteiger partial charge on any atom is -0.494 e. The second-order valence-electron chi connectivity index (χ2n) is 7.59. The highest BCUT2D eigenvalue weighted by atomic mass is 35.5. The van der Waals surface area contributed by atoms with Gasteiger partial charge in [-0.1, -0.05) is 23.7 Å². The number of aldehydes is 1. The molecule has 8 nitrogen and oxygen atoms in total. The van der Waals surface area contributed by atoms with Gasteiger partial charge in [-0.15, -0.1) is 10.2 Å². The van der Waals surface area contributed by atoms with Crippen LogP contribution in [-0.4, -0.2) is 45.8 Å². The van der Waals surface area contributed by atoms with Gasteiger partial charge in [0.15, 0.2) is 5.82 Å². The van der Waals surface area contributed by atoms with E-state index in [2.05, 4.69) is 15.5 Å². The molecule has 34 heavy (non-hydrogen) atoms. The molecule has 1 amide bonds. The van der Waals surface area contributed by atoms with Crippen LogP contribution in [0.25, 0.3) is 5.69 Å². The molecule has 2 aromatic carbocycles. The average Bonchev–Trinajstić information content (AvgIpc) is 3.10. The van der Waals surface area contributed by atoms with Crippen molar-refractivity contribution < 1.29 is 14.3 Å². The number of aryl methyl sites for hydroxylation is 1. The first kappa shape index (κ1) is 25.1. The fourth-order valence-corrected chi connectivity index (χ4v) is 3.63. The van der Waals surface area contributed by atoms with Crippen molar-refractivity contribution in [3.05, 3.63) is 70.3 Å². The van der Waals surface area contributed by atoms with Gasteiger partial charge in [0, 0.05) is 36.0 Å². The van der Waals surface area contributed by atoms with E-state index in [0.717, 1.165) is 52.8 Å². The molecule has 0 atom stereocenters. The van der Waals surface area contributed by atoms with Gasteiger partial charge in [0.1, 0.15) is 24.4 Å². The molecule has 1 N–H and O–H groups in total. The van der Waals surface area contributed by atoms with Crippen LogP contribution >= 0.6 is 11.6 Å². The predicted molar refractivity (Wildman–Crippen MR) is 132 cm³/mol. The third kappa shape index (κ3) is 6.29. The van der Waals surface area contributed by atoms with E-state index in [4.69, 9.17) is 21.3 Å². The van der Waals surface area contributed by atoms with Crippen molar-refractivity contribution in [2.24, 2.45) is 4.99 Å². The SMILES string of the molecule is CCNC(C)=O.Cc1nnc2n1-c1ccc(OCCCC=O)cc1C(c1ccc(Cl)cc1)=NC2. The second kappa shape index (κ2) is 12.1. The van der Waals surface area contributed by atoms with Gasteiger partial charge >= 0.3 is 0 Å². The zero-order chi connectivity index (χ0) is 24.5. The molecule has 3 aromatic rings. The summed E-state index contributed by atoms with van der Waals surface area (Å²) in [4.78, 5) is 25.2. The van der Waals surface area contributed by atoms with Crippen LogP contribution in [0.1, 0.15) is 49.5 Å². The summed E-state index contributed by atoms with van der Waals surface area (Å²) in [5.41, 5.74) is 3.73. The monoisotopic (exact) mass is 481 g/mol. The van der Waals surface area contributed by atoms with Crippen LogP contribution in [-0.2, 0) is 16.1 Å². The summed E-state index contributed by atoms with van der Waals surface area (Å²) in [7, 11) is 0. The Labute approximate surface area is 204 Å². The number of aromatic nitrogens is 3. The van der Waals surface area contributed by atoms with E-state index in [-0.39, 0.29) is 5.91 Å². The molecule has 0 saturated carbocycles. The Balaban J connectivity index is 0.000000481. The topological polar surface area (TPSA) is 98.5 Å². The van der Waals surface area contributed by atoms with Crippen LogP contribution in [0.4, 0.5) is 0 Å². The first-order valence-corrected chi connectivity index (χ1v) is 11.5. The zero-order valence-corrected chi connectivity index (χ0v) is 20.3. The van der Waals surface area contributed by atoms with Crippen LogP contribution in [0.5, 0.6) is 5.75 Å². The van der Waals surface area contributed by atoms with E-state index in [1.165, 1.54) is 6.92 Å². The van der Waals surface area contributed by atoms with Gasteiger partial charge in [-0.3, -0.25) is 14.4 Å². The van der Waals surface area contributed by atoms with Gasteiger partial charge in [-0.2, -0.15) is 0 Å². The lowest BCUT2D eigenvalue weighted by Crippen LogP contribution is -2.18. The highest BCUT2D eigenvalue weighted by Crippen LogP contribution is 2.29.